The number of ether oxygens (including phenoxy) is 1. The van der Waals surface area contributed by atoms with Crippen LogP contribution in [0.2, 0.25) is 0 Å². The fourth-order valence-electron chi connectivity index (χ4n) is 4.25. The first-order valence-corrected chi connectivity index (χ1v) is 10.7. The molecule has 6 heteroatoms. The summed E-state index contributed by atoms with van der Waals surface area (Å²) in [5.41, 5.74) is 3.35. The summed E-state index contributed by atoms with van der Waals surface area (Å²) in [5, 5.41) is 4.03. The van der Waals surface area contributed by atoms with E-state index in [1.54, 1.807) is 12.3 Å². The van der Waals surface area contributed by atoms with Gasteiger partial charge in [-0.25, -0.2) is 0 Å². The number of ketones is 1. The van der Waals surface area contributed by atoms with Crippen LogP contribution in [0.25, 0.3) is 32.6 Å². The fourth-order valence-corrected chi connectivity index (χ4v) is 4.25. The number of aliphatic imine (C=N–C) groups is 1. The number of methoxy groups -OCH3 is 1. The number of para-hydroxylation sites is 1. The Morgan fingerprint density at radius 3 is 2.58 bits per heavy atom. The van der Waals surface area contributed by atoms with Gasteiger partial charge in [0.15, 0.2) is 5.76 Å². The van der Waals surface area contributed by atoms with Crippen LogP contribution < -0.4 is 0 Å². The highest BCUT2D eigenvalue weighted by atomic mass is 16.5. The molecule has 0 atom stereocenters. The Labute approximate surface area is 190 Å². The Balaban J connectivity index is 1.43. The van der Waals surface area contributed by atoms with Crippen LogP contribution in [0.15, 0.2) is 76.1 Å². The molecule has 0 N–H and O–H groups in total. The van der Waals surface area contributed by atoms with Gasteiger partial charge >= 0.3 is 5.97 Å². The van der Waals surface area contributed by atoms with E-state index in [9.17, 15) is 9.59 Å². The van der Waals surface area contributed by atoms with Crippen LogP contribution >= 0.6 is 0 Å². The lowest BCUT2D eigenvalue weighted by molar-refractivity contribution is -0.141. The minimum Gasteiger partial charge on any atom is -0.468 e. The Kier molecular flexibility index (Phi) is 5.26. The maximum Gasteiger partial charge on any atom is 0.325 e. The van der Waals surface area contributed by atoms with Gasteiger partial charge in [0.05, 0.1) is 7.11 Å². The zero-order valence-corrected chi connectivity index (χ0v) is 18.4. The van der Waals surface area contributed by atoms with E-state index in [0.29, 0.717) is 11.3 Å². The second kappa shape index (κ2) is 8.39. The van der Waals surface area contributed by atoms with Crippen molar-refractivity contribution in [3.05, 3.63) is 83.7 Å². The van der Waals surface area contributed by atoms with Gasteiger partial charge < -0.3 is 13.7 Å². The summed E-state index contributed by atoms with van der Waals surface area (Å²) in [6.45, 7) is 2.01. The monoisotopic (exact) mass is 438 g/mol. The number of hydrogen-bond donors (Lipinski definition) is 0. The molecule has 5 aromatic rings. The lowest BCUT2D eigenvalue weighted by Crippen LogP contribution is -2.12. The molecular weight excluding hydrogens is 416 g/mol. The predicted molar refractivity (Wildman–Crippen MR) is 129 cm³/mol. The summed E-state index contributed by atoms with van der Waals surface area (Å²) in [6, 6.07) is 21.5. The normalized spacial score (nSPS) is 11.7. The standard InChI is InChI=1S/C27H22N2O4/c1-17-22(20-9-5-6-10-23(20)29(17)16-27(31)32-2)14-28-15-24(30)26-13-21-19-8-4-3-7-18(19)11-12-25(21)33-26/h3-14H,15-16H2,1-2H3. The van der Waals surface area contributed by atoms with E-state index in [2.05, 4.69) is 4.99 Å². The Morgan fingerprint density at radius 2 is 1.76 bits per heavy atom. The molecule has 0 aliphatic carbocycles. The van der Waals surface area contributed by atoms with Crippen molar-refractivity contribution in [2.24, 2.45) is 4.99 Å². The lowest BCUT2D eigenvalue weighted by Gasteiger charge is -2.06. The number of fused-ring (bicyclic) bond motifs is 4. The number of rotatable bonds is 6. The molecule has 5 rings (SSSR count). The van der Waals surface area contributed by atoms with Crippen LogP contribution in [-0.4, -0.2) is 36.2 Å². The molecule has 6 nitrogen and oxygen atoms in total. The minimum atomic E-state index is -0.324. The quantitative estimate of drug-likeness (QED) is 0.204. The Hall–Kier alpha value is -4.19. The van der Waals surface area contributed by atoms with Crippen molar-refractivity contribution >= 4 is 50.6 Å². The van der Waals surface area contributed by atoms with Gasteiger partial charge in [-0.3, -0.25) is 14.6 Å². The van der Waals surface area contributed by atoms with Crippen molar-refractivity contribution in [3.63, 3.8) is 0 Å². The average molecular weight is 438 g/mol. The van der Waals surface area contributed by atoms with E-state index in [1.807, 2.05) is 72.2 Å². The van der Waals surface area contributed by atoms with E-state index in [0.717, 1.165) is 38.3 Å². The van der Waals surface area contributed by atoms with E-state index in [1.165, 1.54) is 7.11 Å². The number of nitrogens with zero attached hydrogens (tertiary/aromatic N) is 2. The summed E-state index contributed by atoms with van der Waals surface area (Å²) < 4.78 is 12.5. The van der Waals surface area contributed by atoms with E-state index >= 15 is 0 Å². The van der Waals surface area contributed by atoms with Crippen LogP contribution in [0.4, 0.5) is 0 Å². The summed E-state index contributed by atoms with van der Waals surface area (Å²) in [7, 11) is 1.37. The smallest absolute Gasteiger partial charge is 0.325 e. The number of hydrogen-bond acceptors (Lipinski definition) is 5. The van der Waals surface area contributed by atoms with Crippen LogP contribution in [0.3, 0.4) is 0 Å². The van der Waals surface area contributed by atoms with Crippen molar-refractivity contribution in [2.45, 2.75) is 13.5 Å². The number of carbonyl (C=O) groups is 2. The van der Waals surface area contributed by atoms with Gasteiger partial charge in [-0.15, -0.1) is 0 Å². The Bertz CT molecular complexity index is 1560. The van der Waals surface area contributed by atoms with Gasteiger partial charge in [0, 0.05) is 33.8 Å². The first kappa shape index (κ1) is 20.7. The van der Waals surface area contributed by atoms with Gasteiger partial charge in [-0.1, -0.05) is 48.5 Å². The number of furan rings is 1. The number of benzene rings is 3. The van der Waals surface area contributed by atoms with E-state index in [-0.39, 0.29) is 24.8 Å². The topological polar surface area (TPSA) is 73.8 Å². The molecule has 0 saturated carbocycles. The molecule has 0 spiro atoms. The molecule has 0 aliphatic rings. The lowest BCUT2D eigenvalue weighted by atomic mass is 10.1. The second-order valence-corrected chi connectivity index (χ2v) is 7.88. The van der Waals surface area contributed by atoms with E-state index < -0.39 is 0 Å². The van der Waals surface area contributed by atoms with Crippen molar-refractivity contribution < 1.29 is 18.7 Å². The molecule has 0 saturated heterocycles. The van der Waals surface area contributed by atoms with Crippen molar-refractivity contribution in [2.75, 3.05) is 13.7 Å². The van der Waals surface area contributed by atoms with Crippen molar-refractivity contribution in [1.29, 1.82) is 0 Å². The molecule has 2 heterocycles. The molecule has 33 heavy (non-hydrogen) atoms. The van der Waals surface area contributed by atoms with Gasteiger partial charge in [0.25, 0.3) is 0 Å². The van der Waals surface area contributed by atoms with Crippen molar-refractivity contribution in [1.82, 2.24) is 4.57 Å². The van der Waals surface area contributed by atoms with Gasteiger partial charge in [0.1, 0.15) is 18.7 Å². The molecule has 0 radical (unpaired) electrons. The molecule has 164 valence electrons. The summed E-state index contributed by atoms with van der Waals surface area (Å²) in [5.74, 6) is -0.222. The number of Topliss-reactive ketones (excluding diaryl/α,β-unsaturated/α-hetero) is 1. The van der Waals surface area contributed by atoms with Crippen LogP contribution in [0.1, 0.15) is 21.8 Å². The third-order valence-electron chi connectivity index (χ3n) is 5.95. The third-order valence-corrected chi connectivity index (χ3v) is 5.95. The average Bonchev–Trinajstić information content (AvgIpc) is 3.39. The Morgan fingerprint density at radius 1 is 1.00 bits per heavy atom. The third kappa shape index (κ3) is 3.69. The molecule has 2 aromatic heterocycles. The highest BCUT2D eigenvalue weighted by Gasteiger charge is 2.16. The molecule has 0 bridgehead atoms. The summed E-state index contributed by atoms with van der Waals surface area (Å²) >= 11 is 0. The number of esters is 1. The zero-order chi connectivity index (χ0) is 22.9. The number of carbonyl (C=O) groups excluding carboxylic acids is 2. The number of aromatic nitrogens is 1. The first-order chi connectivity index (χ1) is 16.1. The van der Waals surface area contributed by atoms with Crippen LogP contribution in [-0.2, 0) is 16.1 Å². The molecular formula is C27H22N2O4. The first-order valence-electron chi connectivity index (χ1n) is 10.7. The largest absolute Gasteiger partial charge is 0.468 e. The second-order valence-electron chi connectivity index (χ2n) is 7.88. The molecule has 0 aliphatic heterocycles. The zero-order valence-electron chi connectivity index (χ0n) is 18.4. The highest BCUT2D eigenvalue weighted by Crippen LogP contribution is 2.28. The maximum absolute atomic E-state index is 12.8. The SMILES string of the molecule is COC(=O)Cn1c(C)c(C=NCC(=O)c2cc3c(ccc4ccccc43)o2)c2ccccc21. The van der Waals surface area contributed by atoms with E-state index in [4.69, 9.17) is 9.15 Å². The van der Waals surface area contributed by atoms with Crippen molar-refractivity contribution in [3.8, 4) is 0 Å². The van der Waals surface area contributed by atoms with Gasteiger partial charge in [-0.2, -0.15) is 0 Å². The maximum atomic E-state index is 12.8. The summed E-state index contributed by atoms with van der Waals surface area (Å²) in [6.07, 6.45) is 1.70. The molecule has 0 amide bonds. The van der Waals surface area contributed by atoms with Crippen LogP contribution in [0, 0.1) is 6.92 Å². The molecule has 3 aromatic carbocycles. The van der Waals surface area contributed by atoms with Crippen LogP contribution in [0.5, 0.6) is 0 Å². The highest BCUT2D eigenvalue weighted by molar-refractivity contribution is 6.09. The molecule has 0 unspecified atom stereocenters. The fraction of sp³-hybridized carbons (Fsp3) is 0.148. The molecule has 0 fully saturated rings. The van der Waals surface area contributed by atoms with Gasteiger partial charge in [-0.05, 0) is 35.9 Å². The summed E-state index contributed by atoms with van der Waals surface area (Å²) in [4.78, 5) is 29.1. The predicted octanol–water partition coefficient (Wildman–Crippen LogP) is 5.32. The minimum absolute atomic E-state index is 0.0340. The van der Waals surface area contributed by atoms with Gasteiger partial charge in [0.2, 0.25) is 5.78 Å².